The molecule has 0 aliphatic heterocycles. The van der Waals surface area contributed by atoms with Crippen molar-refractivity contribution in [3.63, 3.8) is 0 Å². The van der Waals surface area contributed by atoms with Crippen LogP contribution in [0.5, 0.6) is 0 Å². The Hall–Kier alpha value is -0.950. The molecule has 2 N–H and O–H groups in total. The van der Waals surface area contributed by atoms with E-state index in [-0.39, 0.29) is 29.5 Å². The molecule has 0 radical (unpaired) electrons. The molecule has 0 spiro atoms. The van der Waals surface area contributed by atoms with Crippen molar-refractivity contribution < 1.29 is 23.6 Å². The maximum Gasteiger partial charge on any atom is 0.303 e. The van der Waals surface area contributed by atoms with Gasteiger partial charge in [-0.3, -0.25) is 13.8 Å². The number of nitrogens with one attached hydrogen (secondary N) is 1. The number of aliphatic carboxylic acids is 1. The zero-order chi connectivity index (χ0) is 14.5. The molecule has 1 aliphatic carbocycles. The first-order valence-corrected chi connectivity index (χ1v) is 7.71. The number of methoxy groups -OCH3 is 1. The molecule has 2 atom stereocenters. The zero-order valence-electron chi connectivity index (χ0n) is 11.3. The van der Waals surface area contributed by atoms with Crippen LogP contribution in [0.25, 0.3) is 0 Å². The van der Waals surface area contributed by atoms with E-state index in [1.807, 2.05) is 0 Å². The Labute approximate surface area is 115 Å². The summed E-state index contributed by atoms with van der Waals surface area (Å²) < 4.78 is 16.7. The fourth-order valence-corrected chi connectivity index (χ4v) is 3.57. The van der Waals surface area contributed by atoms with Crippen LogP contribution in [0, 0.1) is 5.41 Å². The lowest BCUT2D eigenvalue weighted by molar-refractivity contribution is -0.138. The fourth-order valence-electron chi connectivity index (χ4n) is 2.02. The van der Waals surface area contributed by atoms with E-state index in [2.05, 4.69) is 5.32 Å². The Kier molecular flexibility index (Phi) is 5.93. The van der Waals surface area contributed by atoms with E-state index in [0.29, 0.717) is 12.4 Å². The molecule has 0 saturated heterocycles. The first kappa shape index (κ1) is 16.1. The van der Waals surface area contributed by atoms with Gasteiger partial charge in [0.1, 0.15) is 5.75 Å². The van der Waals surface area contributed by atoms with E-state index in [4.69, 9.17) is 9.84 Å². The van der Waals surface area contributed by atoms with Gasteiger partial charge in [0, 0.05) is 29.7 Å². The van der Waals surface area contributed by atoms with Crippen molar-refractivity contribution in [2.24, 2.45) is 5.41 Å². The van der Waals surface area contributed by atoms with Crippen molar-refractivity contribution >= 4 is 22.7 Å². The first-order valence-electron chi connectivity index (χ1n) is 6.22. The average molecular weight is 291 g/mol. The van der Waals surface area contributed by atoms with Crippen molar-refractivity contribution in [3.05, 3.63) is 0 Å². The molecule has 1 fully saturated rings. The van der Waals surface area contributed by atoms with E-state index in [1.54, 1.807) is 14.0 Å². The second kappa shape index (κ2) is 7.00. The molecule has 0 bridgehead atoms. The lowest BCUT2D eigenvalue weighted by atomic mass is 10.1. The lowest BCUT2D eigenvalue weighted by Gasteiger charge is -2.14. The Balaban J connectivity index is 2.31. The quantitative estimate of drug-likeness (QED) is 0.630. The Morgan fingerprint density at radius 1 is 1.47 bits per heavy atom. The van der Waals surface area contributed by atoms with Crippen molar-refractivity contribution in [2.75, 3.05) is 25.2 Å². The third-order valence-electron chi connectivity index (χ3n) is 3.07. The van der Waals surface area contributed by atoms with Gasteiger partial charge in [0.2, 0.25) is 5.91 Å². The van der Waals surface area contributed by atoms with E-state index in [0.717, 1.165) is 12.8 Å². The second-order valence-corrected chi connectivity index (χ2v) is 6.68. The zero-order valence-corrected chi connectivity index (χ0v) is 12.1. The molecule has 110 valence electrons. The predicted octanol–water partition coefficient (Wildman–Crippen LogP) is 0.141. The molecular weight excluding hydrogens is 270 g/mol. The standard InChI is InChI=1S/C12H21NO5S/c1-9(6-18-2)13-10(14)7-19(17)8-12(3-4-12)5-11(15)16/h9H,3-8H2,1-2H3,(H,13,14)(H,15,16). The van der Waals surface area contributed by atoms with E-state index >= 15 is 0 Å². The molecule has 7 heteroatoms. The molecule has 19 heavy (non-hydrogen) atoms. The Morgan fingerprint density at radius 3 is 2.58 bits per heavy atom. The SMILES string of the molecule is COCC(C)NC(=O)CS(=O)CC1(CC(=O)O)CC1. The maximum atomic E-state index is 11.9. The number of carboxylic acids is 1. The molecule has 1 rings (SSSR count). The number of rotatable bonds is 9. The minimum Gasteiger partial charge on any atom is -0.481 e. The summed E-state index contributed by atoms with van der Waals surface area (Å²) in [6.07, 6.45) is 1.61. The fraction of sp³-hybridized carbons (Fsp3) is 0.833. The summed E-state index contributed by atoms with van der Waals surface area (Å²) in [6.45, 7) is 2.21. The lowest BCUT2D eigenvalue weighted by Crippen LogP contribution is -2.38. The van der Waals surface area contributed by atoms with Gasteiger partial charge in [-0.25, -0.2) is 0 Å². The summed E-state index contributed by atoms with van der Waals surface area (Å²) in [6, 6.07) is -0.122. The third kappa shape index (κ3) is 6.15. The van der Waals surface area contributed by atoms with Gasteiger partial charge in [0.25, 0.3) is 0 Å². The van der Waals surface area contributed by atoms with Gasteiger partial charge < -0.3 is 15.2 Å². The summed E-state index contributed by atoms with van der Waals surface area (Å²) >= 11 is 0. The van der Waals surface area contributed by atoms with Crippen LogP contribution in [0.3, 0.4) is 0 Å². The molecule has 0 aromatic rings. The van der Waals surface area contributed by atoms with Crippen LogP contribution in [-0.2, 0) is 25.1 Å². The number of carbonyl (C=O) groups is 2. The molecule has 0 aromatic carbocycles. The highest BCUT2D eigenvalue weighted by atomic mass is 32.2. The second-order valence-electron chi connectivity index (χ2n) is 5.22. The van der Waals surface area contributed by atoms with Gasteiger partial charge in [-0.1, -0.05) is 0 Å². The largest absolute Gasteiger partial charge is 0.481 e. The predicted molar refractivity (Wildman–Crippen MR) is 71.3 cm³/mol. The van der Waals surface area contributed by atoms with Gasteiger partial charge in [-0.05, 0) is 25.2 Å². The normalized spacial score (nSPS) is 19.5. The number of carboxylic acid groups (broad SMARTS) is 1. The van der Waals surface area contributed by atoms with Crippen molar-refractivity contribution in [1.29, 1.82) is 0 Å². The molecule has 0 heterocycles. The van der Waals surface area contributed by atoms with E-state index in [9.17, 15) is 13.8 Å². The topological polar surface area (TPSA) is 92.7 Å². The Morgan fingerprint density at radius 2 is 2.11 bits per heavy atom. The smallest absolute Gasteiger partial charge is 0.303 e. The van der Waals surface area contributed by atoms with Crippen LogP contribution in [0.1, 0.15) is 26.2 Å². The van der Waals surface area contributed by atoms with Gasteiger partial charge >= 0.3 is 5.97 Å². The summed E-state index contributed by atoms with van der Waals surface area (Å²) in [5.41, 5.74) is -0.338. The summed E-state index contributed by atoms with van der Waals surface area (Å²) in [7, 11) is 0.235. The van der Waals surface area contributed by atoms with E-state index < -0.39 is 16.8 Å². The molecular formula is C12H21NO5S. The summed E-state index contributed by atoms with van der Waals surface area (Å²) in [5.74, 6) is -0.928. The third-order valence-corrected chi connectivity index (χ3v) is 4.59. The minimum atomic E-state index is -1.31. The van der Waals surface area contributed by atoms with Crippen LogP contribution < -0.4 is 5.32 Å². The number of hydrogen-bond acceptors (Lipinski definition) is 4. The number of ether oxygens (including phenoxy) is 1. The van der Waals surface area contributed by atoms with E-state index in [1.165, 1.54) is 0 Å². The van der Waals surface area contributed by atoms with Crippen LogP contribution in [-0.4, -0.2) is 52.5 Å². The number of hydrogen-bond donors (Lipinski definition) is 2. The van der Waals surface area contributed by atoms with Crippen LogP contribution in [0.15, 0.2) is 0 Å². The maximum absolute atomic E-state index is 11.9. The molecule has 1 amide bonds. The van der Waals surface area contributed by atoms with Crippen molar-refractivity contribution in [1.82, 2.24) is 5.32 Å². The molecule has 0 aromatic heterocycles. The number of amides is 1. The molecule has 2 unspecified atom stereocenters. The van der Waals surface area contributed by atoms with Crippen LogP contribution in [0.2, 0.25) is 0 Å². The molecule has 1 aliphatic rings. The van der Waals surface area contributed by atoms with Gasteiger partial charge in [-0.2, -0.15) is 0 Å². The van der Waals surface area contributed by atoms with Crippen LogP contribution >= 0.6 is 0 Å². The Bertz CT molecular complexity index is 367. The van der Waals surface area contributed by atoms with Crippen LogP contribution in [0.4, 0.5) is 0 Å². The summed E-state index contributed by atoms with van der Waals surface area (Å²) in [5, 5.41) is 11.5. The van der Waals surface area contributed by atoms with Gasteiger partial charge in [0.05, 0.1) is 13.0 Å². The highest BCUT2D eigenvalue weighted by Gasteiger charge is 2.45. The monoisotopic (exact) mass is 291 g/mol. The van der Waals surface area contributed by atoms with Crippen molar-refractivity contribution in [3.8, 4) is 0 Å². The van der Waals surface area contributed by atoms with Gasteiger partial charge in [0.15, 0.2) is 0 Å². The minimum absolute atomic E-state index is 0.0421. The van der Waals surface area contributed by atoms with Crippen molar-refractivity contribution in [2.45, 2.75) is 32.2 Å². The molecule has 1 saturated carbocycles. The summed E-state index contributed by atoms with van der Waals surface area (Å²) in [4.78, 5) is 22.3. The highest BCUT2D eigenvalue weighted by molar-refractivity contribution is 7.85. The highest BCUT2D eigenvalue weighted by Crippen LogP contribution is 2.49. The first-order chi connectivity index (χ1) is 8.87. The average Bonchev–Trinajstić information content (AvgIpc) is 2.95. The van der Waals surface area contributed by atoms with Gasteiger partial charge in [-0.15, -0.1) is 0 Å². The molecule has 6 nitrogen and oxygen atoms in total. The number of carbonyl (C=O) groups excluding carboxylic acids is 1.